The Morgan fingerprint density at radius 3 is 2.09 bits per heavy atom. The average molecular weight is 690 g/mol. The molecule has 0 bridgehead atoms. The van der Waals surface area contributed by atoms with E-state index in [-0.39, 0.29) is 23.6 Å². The Morgan fingerprint density at radius 2 is 1.39 bits per heavy atom. The molecule has 0 spiro atoms. The molecule has 3 fully saturated rings. The lowest BCUT2D eigenvalue weighted by Crippen LogP contribution is -2.36. The van der Waals surface area contributed by atoms with Crippen molar-refractivity contribution < 1.29 is 41.7 Å². The van der Waals surface area contributed by atoms with Gasteiger partial charge in [-0.05, 0) is 30.5 Å². The number of aryl methyl sites for hydroxylation is 1. The lowest BCUT2D eigenvalue weighted by atomic mass is 10.0. The van der Waals surface area contributed by atoms with Crippen LogP contribution in [0.5, 0.6) is 0 Å². The molecule has 0 saturated carbocycles. The van der Waals surface area contributed by atoms with Crippen LogP contribution in [0.3, 0.4) is 0 Å². The monoisotopic (exact) mass is 689 g/mol. The number of halogens is 1. The highest BCUT2D eigenvalue weighted by Gasteiger charge is 2.52. The number of fused-ring (bicyclic) bond motifs is 4. The van der Waals surface area contributed by atoms with Gasteiger partial charge in [-0.2, -0.15) is 0 Å². The van der Waals surface area contributed by atoms with E-state index in [9.17, 15) is 9.79 Å². The predicted molar refractivity (Wildman–Crippen MR) is 156 cm³/mol. The molecule has 4 aromatic rings. The fraction of sp³-hybridized carbons (Fsp3) is 0.545. The molecule has 3 saturated heterocycles. The fourth-order valence-electron chi connectivity index (χ4n) is 5.59. The summed E-state index contributed by atoms with van der Waals surface area (Å²) in [6.45, 7) is -5.25. The molecule has 10 atom stereocenters. The SMILES string of the molecule is Cc1ncnc2c1ncn2[C@@H]1O[C@@H]2COP(O)(=S)OC3[C@@H](F)[C@H](n4cnc5c(N)ncnc54)O[C@@H]3COP(O)(=S)O[C@H]2[C@H]1C. The second-order valence-corrected chi connectivity index (χ2v) is 16.0. The summed E-state index contributed by atoms with van der Waals surface area (Å²) >= 11 is 10.6. The Labute approximate surface area is 258 Å². The van der Waals surface area contributed by atoms with Crippen molar-refractivity contribution in [2.24, 2.45) is 5.92 Å². The van der Waals surface area contributed by atoms with Crippen LogP contribution in [0.25, 0.3) is 22.3 Å². The number of hydrogen-bond acceptors (Lipinski definition) is 15. The topological polar surface area (TPSA) is 209 Å². The molecule has 3 unspecified atom stereocenters. The van der Waals surface area contributed by atoms with Gasteiger partial charge in [-0.3, -0.25) is 13.7 Å². The summed E-state index contributed by atoms with van der Waals surface area (Å²) in [5.41, 5.74) is 8.12. The normalized spacial score (nSPS) is 38.3. The van der Waals surface area contributed by atoms with Crippen LogP contribution in [0.15, 0.2) is 25.3 Å². The number of nitrogens with zero attached hydrogens (tertiary/aromatic N) is 8. The summed E-state index contributed by atoms with van der Waals surface area (Å²) in [6.07, 6.45) is -2.95. The maximum absolute atomic E-state index is 16.0. The van der Waals surface area contributed by atoms with Gasteiger partial charge in [0.25, 0.3) is 0 Å². The number of anilines is 1. The van der Waals surface area contributed by atoms with Crippen molar-refractivity contribution >= 4 is 65.2 Å². The zero-order valence-corrected chi connectivity index (χ0v) is 26.4. The Kier molecular flexibility index (Phi) is 7.79. The van der Waals surface area contributed by atoms with Gasteiger partial charge in [-0.15, -0.1) is 0 Å². The smallest absolute Gasteiger partial charge is 0.325 e. The first-order valence-corrected chi connectivity index (χ1v) is 18.4. The van der Waals surface area contributed by atoms with E-state index in [1.165, 1.54) is 23.5 Å². The number of rotatable bonds is 2. The van der Waals surface area contributed by atoms with Gasteiger partial charge in [0.05, 0.1) is 31.6 Å². The standard InChI is InChI=1S/C22H26FN9O8P2S2/c1-9-16-11(37-21(9)31-7-29-14-10(2)25-5-27-19(14)31)3-35-42(34,44)40-17-12(4-36-41(33,43)39-16)38-22(13(17)23)32-8-30-15-18(24)26-6-28-20(15)32/h5-9,11-13,16-17,21-22H,3-4H2,1-2H3,(H,33,43)(H,34,44)(H2,24,26,28)/t9-,11-,12-,13-,16+,17?,21-,22-,41?,42?/m1/s1. The quantitative estimate of drug-likeness (QED) is 0.255. The Morgan fingerprint density at radius 1 is 0.841 bits per heavy atom. The zero-order valence-electron chi connectivity index (χ0n) is 22.9. The van der Waals surface area contributed by atoms with Gasteiger partial charge >= 0.3 is 13.4 Å². The Bertz CT molecular complexity index is 1700. The largest absolute Gasteiger partial charge is 0.382 e. The van der Waals surface area contributed by atoms with Crippen LogP contribution in [0.4, 0.5) is 10.2 Å². The van der Waals surface area contributed by atoms with Gasteiger partial charge in [0.2, 0.25) is 0 Å². The second-order valence-electron chi connectivity index (χ2n) is 10.5. The van der Waals surface area contributed by atoms with Gasteiger partial charge in [0, 0.05) is 5.92 Å². The van der Waals surface area contributed by atoms with Crippen LogP contribution in [0.1, 0.15) is 25.1 Å². The molecule has 22 heteroatoms. The van der Waals surface area contributed by atoms with E-state index < -0.39 is 69.0 Å². The molecule has 236 valence electrons. The molecule has 0 radical (unpaired) electrons. The summed E-state index contributed by atoms with van der Waals surface area (Å²) in [5, 5.41) is 0. The molecule has 17 nitrogen and oxygen atoms in total. The fourth-order valence-corrected chi connectivity index (χ4v) is 8.54. The number of aromatic nitrogens is 8. The highest BCUT2D eigenvalue weighted by Crippen LogP contribution is 2.55. The number of nitrogens with two attached hydrogens (primary N) is 1. The number of alkyl halides is 1. The van der Waals surface area contributed by atoms with E-state index in [1.807, 2.05) is 13.8 Å². The molecule has 7 heterocycles. The van der Waals surface area contributed by atoms with Gasteiger partial charge in [-0.1, -0.05) is 6.92 Å². The zero-order chi connectivity index (χ0) is 31.0. The molecule has 3 aliphatic heterocycles. The lowest BCUT2D eigenvalue weighted by molar-refractivity contribution is -0.0582. The Hall–Kier alpha value is -2.19. The first-order valence-electron chi connectivity index (χ1n) is 13.3. The summed E-state index contributed by atoms with van der Waals surface area (Å²) in [7, 11) is 0. The summed E-state index contributed by atoms with van der Waals surface area (Å²) in [6, 6.07) is 0. The molecule has 7 rings (SSSR count). The molecule has 0 aliphatic carbocycles. The van der Waals surface area contributed by atoms with Gasteiger partial charge in [-0.25, -0.2) is 34.3 Å². The summed E-state index contributed by atoms with van der Waals surface area (Å²) in [5.74, 6) is -0.353. The van der Waals surface area contributed by atoms with E-state index in [2.05, 4.69) is 29.9 Å². The molecule has 44 heavy (non-hydrogen) atoms. The first kappa shape index (κ1) is 30.5. The van der Waals surface area contributed by atoms with E-state index in [1.54, 1.807) is 10.9 Å². The van der Waals surface area contributed by atoms with Crippen molar-refractivity contribution in [3.63, 3.8) is 0 Å². The van der Waals surface area contributed by atoms with Crippen molar-refractivity contribution in [3.8, 4) is 0 Å². The van der Waals surface area contributed by atoms with Crippen molar-refractivity contribution in [3.05, 3.63) is 31.0 Å². The second kappa shape index (κ2) is 11.3. The van der Waals surface area contributed by atoms with E-state index >= 15 is 4.39 Å². The molecule has 4 N–H and O–H groups in total. The molecule has 3 aliphatic rings. The van der Waals surface area contributed by atoms with Crippen LogP contribution in [-0.2, 0) is 51.2 Å². The van der Waals surface area contributed by atoms with Crippen LogP contribution >= 0.6 is 13.4 Å². The minimum absolute atomic E-state index is 0.0967. The molecule has 0 amide bonds. The minimum Gasteiger partial charge on any atom is -0.382 e. The van der Waals surface area contributed by atoms with Gasteiger partial charge in [0.1, 0.15) is 54.3 Å². The minimum atomic E-state index is -4.10. The highest BCUT2D eigenvalue weighted by molar-refractivity contribution is 8.07. The number of ether oxygens (including phenoxy) is 2. The van der Waals surface area contributed by atoms with Crippen molar-refractivity contribution in [2.45, 2.75) is 56.9 Å². The predicted octanol–water partition coefficient (Wildman–Crippen LogP) is 1.58. The molecule has 4 aromatic heterocycles. The number of nitrogen functional groups attached to an aromatic ring is 1. The lowest BCUT2D eigenvalue weighted by Gasteiger charge is -2.30. The summed E-state index contributed by atoms with van der Waals surface area (Å²) < 4.78 is 54.2. The highest BCUT2D eigenvalue weighted by atomic mass is 32.5. The average Bonchev–Trinajstić information content (AvgIpc) is 3.73. The van der Waals surface area contributed by atoms with E-state index in [0.29, 0.717) is 16.9 Å². The van der Waals surface area contributed by atoms with E-state index in [4.69, 9.17) is 56.9 Å². The molecular formula is C22H26FN9O8P2S2. The number of hydrogen-bond donors (Lipinski definition) is 3. The van der Waals surface area contributed by atoms with Crippen LogP contribution in [0, 0.1) is 12.8 Å². The van der Waals surface area contributed by atoms with E-state index in [0.717, 1.165) is 0 Å². The number of imidazole rings is 2. The molecule has 0 aromatic carbocycles. The molecular weight excluding hydrogens is 663 g/mol. The van der Waals surface area contributed by atoms with Crippen LogP contribution in [-0.4, -0.2) is 92.6 Å². The van der Waals surface area contributed by atoms with Gasteiger partial charge < -0.3 is 38.6 Å². The van der Waals surface area contributed by atoms with Gasteiger partial charge in [0.15, 0.2) is 29.5 Å². The third-order valence-electron chi connectivity index (χ3n) is 7.71. The third-order valence-corrected chi connectivity index (χ3v) is 10.8. The Balaban J connectivity index is 1.17. The first-order chi connectivity index (χ1) is 20.9. The van der Waals surface area contributed by atoms with Crippen LogP contribution < -0.4 is 5.73 Å². The third kappa shape index (κ3) is 5.36. The van der Waals surface area contributed by atoms with Crippen molar-refractivity contribution in [1.29, 1.82) is 0 Å². The maximum atomic E-state index is 16.0. The summed E-state index contributed by atoms with van der Waals surface area (Å²) in [4.78, 5) is 47.2. The maximum Gasteiger partial charge on any atom is 0.325 e. The van der Waals surface area contributed by atoms with Crippen LogP contribution in [0.2, 0.25) is 0 Å². The van der Waals surface area contributed by atoms with Crippen molar-refractivity contribution in [1.82, 2.24) is 39.0 Å². The van der Waals surface area contributed by atoms with Crippen molar-refractivity contribution in [2.75, 3.05) is 18.9 Å².